The van der Waals surface area contributed by atoms with E-state index < -0.39 is 0 Å². The van der Waals surface area contributed by atoms with Gasteiger partial charge in [0.05, 0.1) is 0 Å². The highest BCUT2D eigenvalue weighted by molar-refractivity contribution is 5.49. The van der Waals surface area contributed by atoms with E-state index in [9.17, 15) is 0 Å². The van der Waals surface area contributed by atoms with E-state index in [-0.39, 0.29) is 0 Å². The van der Waals surface area contributed by atoms with Gasteiger partial charge in [-0.05, 0) is 43.5 Å². The third-order valence-electron chi connectivity index (χ3n) is 2.74. The van der Waals surface area contributed by atoms with Crippen molar-refractivity contribution in [2.45, 2.75) is 39.5 Å². The van der Waals surface area contributed by atoms with Crippen LogP contribution in [0.15, 0.2) is 30.3 Å². The summed E-state index contributed by atoms with van der Waals surface area (Å²) in [4.78, 5) is 0. The van der Waals surface area contributed by atoms with E-state index in [2.05, 4.69) is 55.6 Å². The van der Waals surface area contributed by atoms with Gasteiger partial charge in [0.15, 0.2) is 0 Å². The Hall–Kier alpha value is -1.08. The fourth-order valence-electron chi connectivity index (χ4n) is 1.79. The minimum Gasteiger partial charge on any atom is -0.316 e. The fourth-order valence-corrected chi connectivity index (χ4v) is 1.79. The first kappa shape index (κ1) is 14.0. The van der Waals surface area contributed by atoms with Crippen LogP contribution in [0.1, 0.15) is 44.2 Å². The molecule has 0 aliphatic rings. The molecule has 0 saturated carbocycles. The molecule has 1 rings (SSSR count). The molecule has 0 bridgehead atoms. The van der Waals surface area contributed by atoms with Gasteiger partial charge in [-0.1, -0.05) is 56.7 Å². The maximum absolute atomic E-state index is 3.40. The second kappa shape index (κ2) is 9.00. The highest BCUT2D eigenvalue weighted by Gasteiger charge is 1.90. The second-order valence-corrected chi connectivity index (χ2v) is 4.43. The summed E-state index contributed by atoms with van der Waals surface area (Å²) >= 11 is 0. The van der Waals surface area contributed by atoms with Crippen LogP contribution in [0, 0.1) is 0 Å². The third-order valence-corrected chi connectivity index (χ3v) is 2.74. The van der Waals surface area contributed by atoms with Crippen molar-refractivity contribution < 1.29 is 0 Å². The summed E-state index contributed by atoms with van der Waals surface area (Å²) in [5, 5.41) is 3.40. The van der Waals surface area contributed by atoms with Gasteiger partial charge in [0.2, 0.25) is 0 Å². The quantitative estimate of drug-likeness (QED) is 0.666. The average Bonchev–Trinajstić information content (AvgIpc) is 2.36. The topological polar surface area (TPSA) is 12.0 Å². The van der Waals surface area contributed by atoms with Crippen molar-refractivity contribution in [2.24, 2.45) is 0 Å². The van der Waals surface area contributed by atoms with Crippen LogP contribution in [0.3, 0.4) is 0 Å². The van der Waals surface area contributed by atoms with Gasteiger partial charge < -0.3 is 5.32 Å². The van der Waals surface area contributed by atoms with Crippen LogP contribution in [0.4, 0.5) is 0 Å². The molecule has 0 fully saturated rings. The summed E-state index contributed by atoms with van der Waals surface area (Å²) in [5.41, 5.74) is 2.75. The lowest BCUT2D eigenvalue weighted by atomic mass is 10.1. The van der Waals surface area contributed by atoms with Crippen LogP contribution in [-0.2, 0) is 6.42 Å². The molecule has 0 radical (unpaired) electrons. The number of hydrogen-bond donors (Lipinski definition) is 1. The summed E-state index contributed by atoms with van der Waals surface area (Å²) in [5.74, 6) is 0. The summed E-state index contributed by atoms with van der Waals surface area (Å²) in [6, 6.07) is 8.89. The Morgan fingerprint density at radius 2 is 1.76 bits per heavy atom. The van der Waals surface area contributed by atoms with Crippen molar-refractivity contribution in [3.05, 3.63) is 41.5 Å². The number of hydrogen-bond acceptors (Lipinski definition) is 1. The number of rotatable bonds is 8. The lowest BCUT2D eigenvalue weighted by Gasteiger charge is -2.00. The van der Waals surface area contributed by atoms with Crippen LogP contribution in [-0.4, -0.2) is 13.1 Å². The first-order valence-corrected chi connectivity index (χ1v) is 6.83. The predicted molar refractivity (Wildman–Crippen MR) is 77.2 cm³/mol. The molecule has 0 heterocycles. The van der Waals surface area contributed by atoms with E-state index >= 15 is 0 Å². The van der Waals surface area contributed by atoms with Crippen LogP contribution in [0.2, 0.25) is 0 Å². The minimum atomic E-state index is 1.08. The van der Waals surface area contributed by atoms with Crippen molar-refractivity contribution in [1.29, 1.82) is 0 Å². The Morgan fingerprint density at radius 3 is 2.41 bits per heavy atom. The van der Waals surface area contributed by atoms with Gasteiger partial charge in [-0.25, -0.2) is 0 Å². The standard InChI is InChI=1S/C16H25N/c1-3-7-15-9-11-16(12-10-15)8-5-6-14-17-13-4-2/h5,8-12,17H,3-4,6-7,13-14H2,1-2H3. The predicted octanol–water partition coefficient (Wildman–Crippen LogP) is 4.04. The SMILES string of the molecule is CCCNCCC=Cc1ccc(CCC)cc1. The van der Waals surface area contributed by atoms with Crippen molar-refractivity contribution in [3.63, 3.8) is 0 Å². The van der Waals surface area contributed by atoms with Crippen LogP contribution in [0.25, 0.3) is 6.08 Å². The zero-order valence-electron chi connectivity index (χ0n) is 11.2. The van der Waals surface area contributed by atoms with E-state index in [4.69, 9.17) is 0 Å². The van der Waals surface area contributed by atoms with Gasteiger partial charge in [0.25, 0.3) is 0 Å². The molecule has 17 heavy (non-hydrogen) atoms. The molecule has 1 N–H and O–H groups in total. The van der Waals surface area contributed by atoms with E-state index in [0.29, 0.717) is 0 Å². The first-order chi connectivity index (χ1) is 8.36. The molecule has 0 aliphatic carbocycles. The van der Waals surface area contributed by atoms with E-state index in [1.54, 1.807) is 0 Å². The maximum atomic E-state index is 3.40. The van der Waals surface area contributed by atoms with Crippen molar-refractivity contribution >= 4 is 6.08 Å². The zero-order chi connectivity index (χ0) is 12.3. The molecule has 0 aromatic heterocycles. The fraction of sp³-hybridized carbons (Fsp3) is 0.500. The van der Waals surface area contributed by atoms with E-state index in [0.717, 1.165) is 19.5 Å². The minimum absolute atomic E-state index is 1.08. The molecule has 1 heteroatoms. The largest absolute Gasteiger partial charge is 0.316 e. The summed E-state index contributed by atoms with van der Waals surface area (Å²) in [6.45, 7) is 6.62. The Labute approximate surface area is 106 Å². The lowest BCUT2D eigenvalue weighted by molar-refractivity contribution is 0.679. The molecular weight excluding hydrogens is 206 g/mol. The normalized spacial score (nSPS) is 11.2. The van der Waals surface area contributed by atoms with Gasteiger partial charge in [-0.3, -0.25) is 0 Å². The summed E-state index contributed by atoms with van der Waals surface area (Å²) in [7, 11) is 0. The zero-order valence-corrected chi connectivity index (χ0v) is 11.2. The molecule has 0 unspecified atom stereocenters. The van der Waals surface area contributed by atoms with Crippen molar-refractivity contribution in [2.75, 3.05) is 13.1 Å². The summed E-state index contributed by atoms with van der Waals surface area (Å²) < 4.78 is 0. The molecule has 1 nitrogen and oxygen atoms in total. The molecule has 94 valence electrons. The monoisotopic (exact) mass is 231 g/mol. The molecule has 0 amide bonds. The van der Waals surface area contributed by atoms with Gasteiger partial charge in [0, 0.05) is 0 Å². The Kier molecular flexibility index (Phi) is 7.40. The van der Waals surface area contributed by atoms with Crippen molar-refractivity contribution in [1.82, 2.24) is 5.32 Å². The third kappa shape index (κ3) is 6.28. The average molecular weight is 231 g/mol. The Morgan fingerprint density at radius 1 is 1.00 bits per heavy atom. The smallest absolute Gasteiger partial charge is 0.00142 e. The highest BCUT2D eigenvalue weighted by atomic mass is 14.8. The van der Waals surface area contributed by atoms with Gasteiger partial charge in [-0.2, -0.15) is 0 Å². The highest BCUT2D eigenvalue weighted by Crippen LogP contribution is 2.08. The van der Waals surface area contributed by atoms with Crippen LogP contribution in [0.5, 0.6) is 0 Å². The van der Waals surface area contributed by atoms with Gasteiger partial charge >= 0.3 is 0 Å². The lowest BCUT2D eigenvalue weighted by Crippen LogP contribution is -2.14. The number of benzene rings is 1. The van der Waals surface area contributed by atoms with E-state index in [1.165, 1.54) is 30.4 Å². The van der Waals surface area contributed by atoms with Crippen LogP contribution >= 0.6 is 0 Å². The molecule has 1 aromatic rings. The molecule has 0 aliphatic heterocycles. The number of nitrogens with one attached hydrogen (secondary N) is 1. The molecule has 0 saturated heterocycles. The summed E-state index contributed by atoms with van der Waals surface area (Å²) in [6.07, 6.45) is 9.18. The Balaban J connectivity index is 2.28. The molecular formula is C16H25N. The van der Waals surface area contributed by atoms with Crippen LogP contribution < -0.4 is 5.32 Å². The molecule has 1 aromatic carbocycles. The van der Waals surface area contributed by atoms with Crippen molar-refractivity contribution in [3.8, 4) is 0 Å². The number of aryl methyl sites for hydroxylation is 1. The maximum Gasteiger partial charge on any atom is -0.00142 e. The second-order valence-electron chi connectivity index (χ2n) is 4.43. The van der Waals surface area contributed by atoms with Gasteiger partial charge in [-0.15, -0.1) is 0 Å². The molecule has 0 spiro atoms. The van der Waals surface area contributed by atoms with E-state index in [1.807, 2.05) is 0 Å². The first-order valence-electron chi connectivity index (χ1n) is 6.83. The molecule has 0 atom stereocenters. The Bertz CT molecular complexity index is 311. The van der Waals surface area contributed by atoms with Gasteiger partial charge in [0.1, 0.15) is 0 Å².